The van der Waals surface area contributed by atoms with Gasteiger partial charge in [0, 0.05) is 36.0 Å². The fourth-order valence-corrected chi connectivity index (χ4v) is 3.71. The lowest BCUT2D eigenvalue weighted by Crippen LogP contribution is -2.25. The van der Waals surface area contributed by atoms with Crippen molar-refractivity contribution in [3.8, 4) is 11.3 Å². The minimum Gasteiger partial charge on any atom is -0.465 e. The number of nitrogens with one attached hydrogen (secondary N) is 2. The first-order valence-electron chi connectivity index (χ1n) is 8.83. The molecule has 0 unspecified atom stereocenters. The number of carbonyl (C=O) groups excluding carboxylic acids is 3. The van der Waals surface area contributed by atoms with Crippen LogP contribution in [0.2, 0.25) is 0 Å². The highest BCUT2D eigenvalue weighted by atomic mass is 32.1. The number of aromatic amines is 1. The van der Waals surface area contributed by atoms with Crippen LogP contribution in [-0.2, 0) is 22.5 Å². The third-order valence-electron chi connectivity index (χ3n) is 4.37. The molecule has 1 amide bonds. The molecule has 29 heavy (non-hydrogen) atoms. The highest BCUT2D eigenvalue weighted by molar-refractivity contribution is 7.09. The van der Waals surface area contributed by atoms with E-state index >= 15 is 0 Å². The number of esters is 1. The van der Waals surface area contributed by atoms with Gasteiger partial charge < -0.3 is 15.0 Å². The van der Waals surface area contributed by atoms with Crippen molar-refractivity contribution in [1.29, 1.82) is 0 Å². The summed E-state index contributed by atoms with van der Waals surface area (Å²) in [4.78, 5) is 47.7. The first kappa shape index (κ1) is 20.4. The van der Waals surface area contributed by atoms with E-state index in [1.54, 1.807) is 19.3 Å². The van der Waals surface area contributed by atoms with Crippen LogP contribution >= 0.6 is 11.3 Å². The maximum Gasteiger partial charge on any atom is 0.339 e. The Labute approximate surface area is 171 Å². The first-order valence-corrected chi connectivity index (χ1v) is 9.70. The molecular formula is C20H20N4O4S. The summed E-state index contributed by atoms with van der Waals surface area (Å²) in [6.07, 6.45) is 3.31. The van der Waals surface area contributed by atoms with Gasteiger partial charge in [0.1, 0.15) is 5.01 Å². The minimum atomic E-state index is -0.587. The number of ketones is 1. The minimum absolute atomic E-state index is 0.0822. The Kier molecular flexibility index (Phi) is 6.18. The molecule has 150 valence electrons. The molecule has 0 radical (unpaired) electrons. The van der Waals surface area contributed by atoms with Crippen molar-refractivity contribution in [1.82, 2.24) is 20.3 Å². The van der Waals surface area contributed by atoms with Crippen molar-refractivity contribution < 1.29 is 19.1 Å². The molecule has 3 rings (SSSR count). The van der Waals surface area contributed by atoms with Crippen molar-refractivity contribution in [2.45, 2.75) is 26.8 Å². The maximum atomic E-state index is 12.4. The Morgan fingerprint density at radius 2 is 1.97 bits per heavy atom. The molecule has 0 aromatic carbocycles. The number of pyridine rings is 1. The van der Waals surface area contributed by atoms with E-state index in [1.807, 2.05) is 17.5 Å². The molecule has 3 aromatic rings. The molecule has 0 saturated carbocycles. The van der Waals surface area contributed by atoms with E-state index in [-0.39, 0.29) is 30.2 Å². The van der Waals surface area contributed by atoms with E-state index < -0.39 is 5.97 Å². The van der Waals surface area contributed by atoms with Crippen LogP contribution in [0.3, 0.4) is 0 Å². The standard InChI is InChI=1S/C20H20N4O4S/c1-11-18(20(27)28-3)14(24-19(11)12(2)25)8-16(26)22-9-17-23-15(10-29-17)13-4-6-21-7-5-13/h4-7,10,24H,8-9H2,1-3H3,(H,22,26). The fourth-order valence-electron chi connectivity index (χ4n) is 2.97. The van der Waals surface area contributed by atoms with Gasteiger partial charge in [-0.15, -0.1) is 11.3 Å². The number of methoxy groups -OCH3 is 1. The zero-order valence-corrected chi connectivity index (χ0v) is 17.1. The van der Waals surface area contributed by atoms with Gasteiger partial charge in [-0.1, -0.05) is 0 Å². The molecule has 0 aliphatic rings. The monoisotopic (exact) mass is 412 g/mol. The Bertz CT molecular complexity index is 1060. The summed E-state index contributed by atoms with van der Waals surface area (Å²) in [5.74, 6) is -1.10. The number of rotatable bonds is 7. The number of amides is 1. The molecule has 9 heteroatoms. The number of hydrogen-bond donors (Lipinski definition) is 2. The molecule has 0 spiro atoms. The van der Waals surface area contributed by atoms with Crippen LogP contribution in [0.5, 0.6) is 0 Å². The molecule has 0 atom stereocenters. The Hall–Kier alpha value is -3.33. The SMILES string of the molecule is COC(=O)c1c(CC(=O)NCc2nc(-c3ccncc3)cs2)[nH]c(C(C)=O)c1C. The predicted molar refractivity (Wildman–Crippen MR) is 108 cm³/mol. The van der Waals surface area contributed by atoms with Gasteiger partial charge in [0.25, 0.3) is 0 Å². The van der Waals surface area contributed by atoms with Gasteiger partial charge in [-0.25, -0.2) is 9.78 Å². The Morgan fingerprint density at radius 1 is 1.24 bits per heavy atom. The number of H-pyrrole nitrogens is 1. The summed E-state index contributed by atoms with van der Waals surface area (Å²) in [7, 11) is 1.26. The molecule has 0 saturated heterocycles. The largest absolute Gasteiger partial charge is 0.465 e. The third-order valence-corrected chi connectivity index (χ3v) is 5.22. The van der Waals surface area contributed by atoms with Crippen LogP contribution in [0.1, 0.15) is 44.0 Å². The first-order chi connectivity index (χ1) is 13.9. The highest BCUT2D eigenvalue weighted by Crippen LogP contribution is 2.22. The second kappa shape index (κ2) is 8.78. The summed E-state index contributed by atoms with van der Waals surface area (Å²) in [6.45, 7) is 3.31. The van der Waals surface area contributed by atoms with Gasteiger partial charge in [-0.3, -0.25) is 14.6 Å². The number of Topliss-reactive ketones (excluding diaryl/α,β-unsaturated/α-hetero) is 1. The molecule has 3 aromatic heterocycles. The van der Waals surface area contributed by atoms with Gasteiger partial charge >= 0.3 is 5.97 Å². The second-order valence-corrected chi connectivity index (χ2v) is 7.28. The summed E-state index contributed by atoms with van der Waals surface area (Å²) in [5, 5.41) is 5.47. The molecule has 2 N–H and O–H groups in total. The lowest BCUT2D eigenvalue weighted by atomic mass is 10.1. The van der Waals surface area contributed by atoms with E-state index in [0.717, 1.165) is 16.3 Å². The van der Waals surface area contributed by atoms with Gasteiger partial charge in [0.05, 0.1) is 37.0 Å². The van der Waals surface area contributed by atoms with Crippen molar-refractivity contribution in [2.75, 3.05) is 7.11 Å². The zero-order valence-electron chi connectivity index (χ0n) is 16.2. The average molecular weight is 412 g/mol. The third kappa shape index (κ3) is 4.57. The lowest BCUT2D eigenvalue weighted by molar-refractivity contribution is -0.120. The smallest absolute Gasteiger partial charge is 0.339 e. The summed E-state index contributed by atoms with van der Waals surface area (Å²) in [5.41, 5.74) is 3.14. The fraction of sp³-hybridized carbons (Fsp3) is 0.250. The summed E-state index contributed by atoms with van der Waals surface area (Å²) < 4.78 is 4.79. The van der Waals surface area contributed by atoms with Gasteiger partial charge in [-0.05, 0) is 24.6 Å². The number of ether oxygens (including phenoxy) is 1. The number of nitrogens with zero attached hydrogens (tertiary/aromatic N) is 2. The van der Waals surface area contributed by atoms with Crippen LogP contribution in [0.25, 0.3) is 11.3 Å². The van der Waals surface area contributed by atoms with Gasteiger partial charge in [-0.2, -0.15) is 0 Å². The van der Waals surface area contributed by atoms with Crippen LogP contribution in [0.15, 0.2) is 29.9 Å². The number of hydrogen-bond acceptors (Lipinski definition) is 7. The van der Waals surface area contributed by atoms with Crippen molar-refractivity contribution >= 4 is 29.0 Å². The number of aromatic nitrogens is 3. The van der Waals surface area contributed by atoms with E-state index in [0.29, 0.717) is 17.0 Å². The number of thiazole rings is 1. The van der Waals surface area contributed by atoms with E-state index in [2.05, 4.69) is 20.3 Å². The molecule has 0 aliphatic heterocycles. The van der Waals surface area contributed by atoms with Crippen LogP contribution in [0.4, 0.5) is 0 Å². The molecule has 0 aliphatic carbocycles. The van der Waals surface area contributed by atoms with Gasteiger partial charge in [0.15, 0.2) is 5.78 Å². The molecule has 0 fully saturated rings. The quantitative estimate of drug-likeness (QED) is 0.456. The highest BCUT2D eigenvalue weighted by Gasteiger charge is 2.24. The second-order valence-electron chi connectivity index (χ2n) is 6.34. The van der Waals surface area contributed by atoms with Crippen molar-refractivity contribution in [2.24, 2.45) is 0 Å². The Balaban J connectivity index is 1.69. The van der Waals surface area contributed by atoms with E-state index in [4.69, 9.17) is 4.74 Å². The van der Waals surface area contributed by atoms with Crippen LogP contribution in [-0.4, -0.2) is 39.7 Å². The lowest BCUT2D eigenvalue weighted by Gasteiger charge is -2.05. The zero-order chi connectivity index (χ0) is 21.0. The van der Waals surface area contributed by atoms with Crippen LogP contribution < -0.4 is 5.32 Å². The summed E-state index contributed by atoms with van der Waals surface area (Å²) in [6, 6.07) is 3.73. The van der Waals surface area contributed by atoms with E-state index in [1.165, 1.54) is 25.4 Å². The van der Waals surface area contributed by atoms with Crippen molar-refractivity contribution in [3.63, 3.8) is 0 Å². The van der Waals surface area contributed by atoms with E-state index in [9.17, 15) is 14.4 Å². The van der Waals surface area contributed by atoms with Gasteiger partial charge in [0.2, 0.25) is 5.91 Å². The number of carbonyl (C=O) groups is 3. The summed E-state index contributed by atoms with van der Waals surface area (Å²) >= 11 is 1.44. The normalized spacial score (nSPS) is 10.6. The molecule has 8 nitrogen and oxygen atoms in total. The van der Waals surface area contributed by atoms with Crippen molar-refractivity contribution in [3.05, 3.63) is 57.4 Å². The average Bonchev–Trinajstić information content (AvgIpc) is 3.31. The topological polar surface area (TPSA) is 114 Å². The molecule has 0 bridgehead atoms. The van der Waals surface area contributed by atoms with Crippen LogP contribution in [0, 0.1) is 6.92 Å². The Morgan fingerprint density at radius 3 is 2.62 bits per heavy atom. The predicted octanol–water partition coefficient (Wildman–Crippen LogP) is 2.69. The maximum absolute atomic E-state index is 12.4. The molecular weight excluding hydrogens is 392 g/mol. The molecule has 3 heterocycles.